The Balaban J connectivity index is 1.36. The largest absolute Gasteiger partial charge is 0.481 e. The first-order chi connectivity index (χ1) is 18.5. The van der Waals surface area contributed by atoms with Crippen LogP contribution < -0.4 is 5.32 Å². The summed E-state index contributed by atoms with van der Waals surface area (Å²) in [6.45, 7) is 0.771. The third-order valence-corrected chi connectivity index (χ3v) is 6.61. The lowest BCUT2D eigenvalue weighted by atomic mass is 9.84. The lowest BCUT2D eigenvalue weighted by Gasteiger charge is -2.32. The van der Waals surface area contributed by atoms with Gasteiger partial charge in [-0.2, -0.15) is 18.2 Å². The third kappa shape index (κ3) is 5.55. The van der Waals surface area contributed by atoms with Gasteiger partial charge in [0.05, 0.1) is 5.92 Å². The number of alkyl halides is 3. The number of nitrogens with one attached hydrogen (secondary N) is 1. The van der Waals surface area contributed by atoms with Crippen molar-refractivity contribution in [1.82, 2.24) is 20.6 Å². The van der Waals surface area contributed by atoms with Crippen molar-refractivity contribution in [2.24, 2.45) is 11.8 Å². The van der Waals surface area contributed by atoms with Gasteiger partial charge in [-0.3, -0.25) is 4.79 Å². The molecule has 2 unspecified atom stereocenters. The summed E-state index contributed by atoms with van der Waals surface area (Å²) >= 11 is 0. The summed E-state index contributed by atoms with van der Waals surface area (Å²) in [5, 5.41) is 41.0. The van der Waals surface area contributed by atoms with E-state index in [2.05, 4.69) is 20.6 Å². The Morgan fingerprint density at radius 1 is 0.974 bits per heavy atom. The summed E-state index contributed by atoms with van der Waals surface area (Å²) in [6, 6.07) is 13.5. The Morgan fingerprint density at radius 3 is 2.36 bits per heavy atom. The van der Waals surface area contributed by atoms with Crippen LogP contribution in [0.5, 0.6) is 0 Å². The Hall–Kier alpha value is -4.07. The predicted molar refractivity (Wildman–Crippen MR) is 129 cm³/mol. The van der Waals surface area contributed by atoms with E-state index in [0.717, 1.165) is 0 Å². The molecule has 13 heteroatoms. The van der Waals surface area contributed by atoms with Gasteiger partial charge in [0, 0.05) is 29.7 Å². The number of halogens is 3. The van der Waals surface area contributed by atoms with Crippen LogP contribution in [-0.4, -0.2) is 49.7 Å². The van der Waals surface area contributed by atoms with Crippen molar-refractivity contribution in [3.8, 4) is 34.3 Å². The normalized spacial score (nSPS) is 18.3. The molecule has 0 radical (unpaired) electrons. The number of benzene rings is 2. The highest BCUT2D eigenvalue weighted by Crippen LogP contribution is 2.43. The molecule has 1 fully saturated rings. The van der Waals surface area contributed by atoms with Gasteiger partial charge in [-0.1, -0.05) is 64.9 Å². The molecule has 0 bridgehead atoms. The lowest BCUT2D eigenvalue weighted by Crippen LogP contribution is -2.42. The van der Waals surface area contributed by atoms with E-state index < -0.39 is 46.8 Å². The van der Waals surface area contributed by atoms with Gasteiger partial charge in [0.15, 0.2) is 5.79 Å². The van der Waals surface area contributed by atoms with Crippen molar-refractivity contribution >= 4 is 5.97 Å². The molecule has 2 aromatic heterocycles. The number of aliphatic carboxylic acids is 1. The highest BCUT2D eigenvalue weighted by atomic mass is 19.4. The minimum atomic E-state index is -4.82. The van der Waals surface area contributed by atoms with Gasteiger partial charge in [-0.25, -0.2) is 0 Å². The maximum absolute atomic E-state index is 14.0. The quantitative estimate of drug-likeness (QED) is 0.252. The second-order valence-electron chi connectivity index (χ2n) is 9.42. The molecule has 0 aliphatic carbocycles. The molecule has 10 nitrogen and oxygen atoms in total. The van der Waals surface area contributed by atoms with Crippen molar-refractivity contribution in [3.05, 3.63) is 65.7 Å². The Labute approximate surface area is 219 Å². The molecule has 1 aliphatic heterocycles. The number of rotatable bonds is 7. The van der Waals surface area contributed by atoms with Crippen molar-refractivity contribution in [2.75, 3.05) is 13.1 Å². The van der Waals surface area contributed by atoms with Gasteiger partial charge >= 0.3 is 12.1 Å². The van der Waals surface area contributed by atoms with Gasteiger partial charge in [-0.15, -0.1) is 0 Å². The van der Waals surface area contributed by atoms with Gasteiger partial charge in [-0.05, 0) is 18.9 Å². The number of piperidine rings is 1. The predicted octanol–water partition coefficient (Wildman–Crippen LogP) is 3.92. The van der Waals surface area contributed by atoms with Crippen molar-refractivity contribution in [1.29, 1.82) is 0 Å². The topological polar surface area (TPSA) is 155 Å². The minimum Gasteiger partial charge on any atom is -0.481 e. The number of carboxylic acid groups (broad SMARTS) is 1. The smallest absolute Gasteiger partial charge is 0.422 e. The van der Waals surface area contributed by atoms with Crippen molar-refractivity contribution < 1.29 is 42.3 Å². The summed E-state index contributed by atoms with van der Waals surface area (Å²) in [4.78, 5) is 15.3. The maximum Gasteiger partial charge on any atom is 0.422 e. The molecule has 1 aliphatic rings. The average Bonchev–Trinajstić information content (AvgIpc) is 3.57. The lowest BCUT2D eigenvalue weighted by molar-refractivity contribution is -0.185. The second-order valence-corrected chi connectivity index (χ2v) is 9.42. The van der Waals surface area contributed by atoms with E-state index in [-0.39, 0.29) is 29.3 Å². The van der Waals surface area contributed by atoms with Crippen LogP contribution in [0.4, 0.5) is 13.2 Å². The SMILES string of the molecule is O=C(O)C1CNCC(CC(O)(O)c2ccc(-c3noc(-c4onc(-c5ccccc5)c4C(F)(F)F)n3)cc2)C1. The van der Waals surface area contributed by atoms with Crippen LogP contribution in [-0.2, 0) is 16.8 Å². The summed E-state index contributed by atoms with van der Waals surface area (Å²) in [6.07, 6.45) is -4.60. The van der Waals surface area contributed by atoms with Crippen LogP contribution in [0.2, 0.25) is 0 Å². The minimum absolute atomic E-state index is 0.0513. The summed E-state index contributed by atoms with van der Waals surface area (Å²) in [5.74, 6) is -5.36. The first-order valence-corrected chi connectivity index (χ1v) is 12.0. The molecule has 39 heavy (non-hydrogen) atoms. The zero-order valence-electron chi connectivity index (χ0n) is 20.2. The van der Waals surface area contributed by atoms with Gasteiger partial charge in [0.25, 0.3) is 5.89 Å². The van der Waals surface area contributed by atoms with Crippen molar-refractivity contribution in [2.45, 2.75) is 24.8 Å². The molecule has 2 atom stereocenters. The molecule has 1 saturated heterocycles. The Bertz CT molecular complexity index is 1450. The molecule has 0 spiro atoms. The third-order valence-electron chi connectivity index (χ3n) is 6.61. The summed E-state index contributed by atoms with van der Waals surface area (Å²) < 4.78 is 51.9. The number of aromatic nitrogens is 3. The summed E-state index contributed by atoms with van der Waals surface area (Å²) in [7, 11) is 0. The van der Waals surface area contributed by atoms with Gasteiger partial charge < -0.3 is 29.7 Å². The number of aliphatic hydroxyl groups is 2. The molecular weight excluding hydrogens is 521 g/mol. The van der Waals surface area contributed by atoms with Crippen LogP contribution in [0, 0.1) is 11.8 Å². The van der Waals surface area contributed by atoms with Gasteiger partial charge in [0.1, 0.15) is 11.3 Å². The molecule has 4 aromatic rings. The highest BCUT2D eigenvalue weighted by Gasteiger charge is 2.43. The maximum atomic E-state index is 14.0. The molecule has 5 rings (SSSR count). The molecule has 3 heterocycles. The van der Waals surface area contributed by atoms with E-state index in [1.807, 2.05) is 0 Å². The zero-order valence-corrected chi connectivity index (χ0v) is 20.2. The van der Waals surface area contributed by atoms with Crippen LogP contribution in [0.15, 0.2) is 63.6 Å². The Kier molecular flexibility index (Phi) is 6.97. The number of hydrogen-bond donors (Lipinski definition) is 4. The highest BCUT2D eigenvalue weighted by molar-refractivity contribution is 5.71. The van der Waals surface area contributed by atoms with Crippen LogP contribution in [0.1, 0.15) is 24.0 Å². The molecule has 204 valence electrons. The molecule has 4 N–H and O–H groups in total. The van der Waals surface area contributed by atoms with E-state index >= 15 is 0 Å². The van der Waals surface area contributed by atoms with E-state index in [0.29, 0.717) is 25.1 Å². The van der Waals surface area contributed by atoms with E-state index in [1.54, 1.807) is 18.2 Å². The number of hydrogen-bond acceptors (Lipinski definition) is 9. The molecule has 0 saturated carbocycles. The monoisotopic (exact) mass is 544 g/mol. The molecule has 0 amide bonds. The fourth-order valence-corrected chi connectivity index (χ4v) is 4.71. The number of carboxylic acids is 1. The van der Waals surface area contributed by atoms with Crippen molar-refractivity contribution in [3.63, 3.8) is 0 Å². The number of nitrogens with zero attached hydrogens (tertiary/aromatic N) is 3. The van der Waals surface area contributed by atoms with E-state index in [1.165, 1.54) is 36.4 Å². The average molecular weight is 544 g/mol. The first kappa shape index (κ1) is 26.5. The van der Waals surface area contributed by atoms with E-state index in [9.17, 15) is 33.3 Å². The number of carbonyl (C=O) groups is 1. The zero-order chi connectivity index (χ0) is 27.8. The van der Waals surface area contributed by atoms with Crippen LogP contribution in [0.25, 0.3) is 34.3 Å². The van der Waals surface area contributed by atoms with E-state index in [4.69, 9.17) is 9.05 Å². The standard InChI is InChI=1S/C26H23F3N4O6/c27-26(28,29)19-20(15-4-2-1-3-5-15)32-38-21(19)23-31-22(33-39-23)16-6-8-18(9-7-16)25(36,37)11-14-10-17(24(34)35)13-30-12-14/h1-9,14,17,30,36-37H,10-13H2,(H,34,35). The second kappa shape index (κ2) is 10.2. The molecule has 2 aromatic carbocycles. The Morgan fingerprint density at radius 2 is 1.69 bits per heavy atom. The fraction of sp³-hybridized carbons (Fsp3) is 0.308. The fourth-order valence-electron chi connectivity index (χ4n) is 4.71. The van der Waals surface area contributed by atoms with Crippen LogP contribution in [0.3, 0.4) is 0 Å². The van der Waals surface area contributed by atoms with Gasteiger partial charge in [0.2, 0.25) is 11.6 Å². The van der Waals surface area contributed by atoms with Crippen LogP contribution >= 0.6 is 0 Å². The first-order valence-electron chi connectivity index (χ1n) is 12.0. The summed E-state index contributed by atoms with van der Waals surface area (Å²) in [5.41, 5.74) is -0.867. The molecular formula is C26H23F3N4O6.